The molecule has 1 N–H and O–H groups in total. The van der Waals surface area contributed by atoms with Crippen LogP contribution in [0, 0.1) is 11.3 Å². The third-order valence-electron chi connectivity index (χ3n) is 4.47. The maximum Gasteiger partial charge on any atom is 0.309 e. The summed E-state index contributed by atoms with van der Waals surface area (Å²) in [7, 11) is 0. The Hall–Kier alpha value is -1.31. The molecule has 1 aliphatic rings. The van der Waals surface area contributed by atoms with Gasteiger partial charge in [0.15, 0.2) is 0 Å². The molecule has 0 atom stereocenters. The Bertz CT molecular complexity index is 439. The molecular weight excluding hydrogens is 248 g/mol. The smallest absolute Gasteiger partial charge is 0.309 e. The van der Waals surface area contributed by atoms with Gasteiger partial charge in [0.05, 0.1) is 5.41 Å². The van der Waals surface area contributed by atoms with Crippen molar-refractivity contribution in [1.29, 1.82) is 0 Å². The van der Waals surface area contributed by atoms with Crippen molar-refractivity contribution in [3.8, 4) is 0 Å². The first-order valence-corrected chi connectivity index (χ1v) is 7.83. The van der Waals surface area contributed by atoms with Gasteiger partial charge in [-0.3, -0.25) is 4.79 Å². The maximum absolute atomic E-state index is 11.7. The van der Waals surface area contributed by atoms with Gasteiger partial charge >= 0.3 is 5.97 Å². The summed E-state index contributed by atoms with van der Waals surface area (Å²) < 4.78 is 0. The minimum absolute atomic E-state index is 0.516. The Morgan fingerprint density at radius 2 is 1.65 bits per heavy atom. The third kappa shape index (κ3) is 3.62. The lowest BCUT2D eigenvalue weighted by atomic mass is 9.70. The molecule has 0 aliphatic heterocycles. The second-order valence-electron chi connectivity index (χ2n) is 6.74. The van der Waals surface area contributed by atoms with Gasteiger partial charge in [0, 0.05) is 0 Å². The average molecular weight is 274 g/mol. The molecule has 0 spiro atoms. The third-order valence-corrected chi connectivity index (χ3v) is 4.47. The number of benzene rings is 1. The van der Waals surface area contributed by atoms with Gasteiger partial charge < -0.3 is 5.11 Å². The zero-order chi connectivity index (χ0) is 14.6. The van der Waals surface area contributed by atoms with Crippen molar-refractivity contribution in [2.45, 2.75) is 58.8 Å². The number of hydrogen-bond acceptors (Lipinski definition) is 1. The number of hydrogen-bond donors (Lipinski definition) is 1. The summed E-state index contributed by atoms with van der Waals surface area (Å²) in [5, 5.41) is 9.62. The molecule has 2 heteroatoms. The first-order chi connectivity index (χ1) is 9.52. The van der Waals surface area contributed by atoms with Crippen LogP contribution in [0.5, 0.6) is 0 Å². The van der Waals surface area contributed by atoms with Gasteiger partial charge in [-0.05, 0) is 42.7 Å². The second kappa shape index (κ2) is 6.43. The maximum atomic E-state index is 11.7. The first kappa shape index (κ1) is 15.1. The highest BCUT2D eigenvalue weighted by molar-refractivity contribution is 5.75. The van der Waals surface area contributed by atoms with Crippen LogP contribution in [0.15, 0.2) is 24.3 Å². The molecule has 1 aromatic carbocycles. The minimum Gasteiger partial charge on any atom is -0.481 e. The minimum atomic E-state index is -0.608. The standard InChI is InChI=1S/C18H26O2/c1-14(2)12-15-6-8-16(9-7-15)13-18(17(19)20)10-4-3-5-11-18/h6-9,14H,3-5,10-13H2,1-2H3,(H,19,20). The van der Waals surface area contributed by atoms with E-state index in [0.29, 0.717) is 12.3 Å². The van der Waals surface area contributed by atoms with Crippen LogP contribution in [0.2, 0.25) is 0 Å². The fraction of sp³-hybridized carbons (Fsp3) is 0.611. The van der Waals surface area contributed by atoms with Crippen LogP contribution < -0.4 is 0 Å². The molecule has 110 valence electrons. The lowest BCUT2D eigenvalue weighted by molar-refractivity contribution is -0.151. The molecule has 2 nitrogen and oxygen atoms in total. The molecule has 0 bridgehead atoms. The average Bonchev–Trinajstić information content (AvgIpc) is 2.41. The first-order valence-electron chi connectivity index (χ1n) is 7.83. The van der Waals surface area contributed by atoms with Gasteiger partial charge in [0.25, 0.3) is 0 Å². The van der Waals surface area contributed by atoms with Crippen LogP contribution in [-0.4, -0.2) is 11.1 Å². The Morgan fingerprint density at radius 1 is 1.10 bits per heavy atom. The quantitative estimate of drug-likeness (QED) is 0.860. The highest BCUT2D eigenvalue weighted by atomic mass is 16.4. The molecule has 1 aromatic rings. The molecular formula is C18H26O2. The fourth-order valence-electron chi connectivity index (χ4n) is 3.35. The summed E-state index contributed by atoms with van der Waals surface area (Å²) in [5.74, 6) is 0.0491. The Morgan fingerprint density at radius 3 is 2.15 bits per heavy atom. The van der Waals surface area contributed by atoms with Crippen molar-refractivity contribution in [2.75, 3.05) is 0 Å². The fourth-order valence-corrected chi connectivity index (χ4v) is 3.35. The summed E-state index contributed by atoms with van der Waals surface area (Å²) >= 11 is 0. The van der Waals surface area contributed by atoms with E-state index < -0.39 is 11.4 Å². The van der Waals surface area contributed by atoms with E-state index >= 15 is 0 Å². The van der Waals surface area contributed by atoms with Gasteiger partial charge in [-0.25, -0.2) is 0 Å². The van der Waals surface area contributed by atoms with Crippen LogP contribution in [0.1, 0.15) is 57.1 Å². The van der Waals surface area contributed by atoms with Crippen LogP contribution >= 0.6 is 0 Å². The highest BCUT2D eigenvalue weighted by Crippen LogP contribution is 2.39. The lowest BCUT2D eigenvalue weighted by Crippen LogP contribution is -2.35. The monoisotopic (exact) mass is 274 g/mol. The number of carboxylic acid groups (broad SMARTS) is 1. The van der Waals surface area contributed by atoms with Gasteiger partial charge in [-0.2, -0.15) is 0 Å². The second-order valence-corrected chi connectivity index (χ2v) is 6.74. The molecule has 0 aromatic heterocycles. The molecule has 1 saturated carbocycles. The predicted molar refractivity (Wildman–Crippen MR) is 81.8 cm³/mol. The van der Waals surface area contributed by atoms with Crippen molar-refractivity contribution < 1.29 is 9.90 Å². The molecule has 1 fully saturated rings. The van der Waals surface area contributed by atoms with Crippen molar-refractivity contribution >= 4 is 5.97 Å². The van der Waals surface area contributed by atoms with Gasteiger partial charge in [-0.1, -0.05) is 57.4 Å². The number of rotatable bonds is 5. The number of carboxylic acids is 1. The zero-order valence-corrected chi connectivity index (χ0v) is 12.7. The van der Waals surface area contributed by atoms with E-state index in [2.05, 4.69) is 38.1 Å². The number of aliphatic carboxylic acids is 1. The van der Waals surface area contributed by atoms with Gasteiger partial charge in [0.2, 0.25) is 0 Å². The topological polar surface area (TPSA) is 37.3 Å². The summed E-state index contributed by atoms with van der Waals surface area (Å²) in [4.78, 5) is 11.7. The molecule has 0 heterocycles. The Kier molecular flexibility index (Phi) is 4.85. The van der Waals surface area contributed by atoms with E-state index in [0.717, 1.165) is 32.1 Å². The molecule has 0 radical (unpaired) electrons. The van der Waals surface area contributed by atoms with E-state index in [1.54, 1.807) is 0 Å². The molecule has 0 unspecified atom stereocenters. The summed E-state index contributed by atoms with van der Waals surface area (Å²) in [6.07, 6.45) is 6.72. The summed E-state index contributed by atoms with van der Waals surface area (Å²) in [6.45, 7) is 4.44. The SMILES string of the molecule is CC(C)Cc1ccc(CC2(C(=O)O)CCCCC2)cc1. The molecule has 2 rings (SSSR count). The van der Waals surface area contributed by atoms with Crippen LogP contribution in [0.3, 0.4) is 0 Å². The summed E-state index contributed by atoms with van der Waals surface area (Å²) in [6, 6.07) is 8.56. The lowest BCUT2D eigenvalue weighted by Gasteiger charge is -2.33. The molecule has 0 amide bonds. The molecule has 20 heavy (non-hydrogen) atoms. The van der Waals surface area contributed by atoms with Gasteiger partial charge in [0.1, 0.15) is 0 Å². The van der Waals surface area contributed by atoms with E-state index in [-0.39, 0.29) is 0 Å². The van der Waals surface area contributed by atoms with Crippen molar-refractivity contribution in [3.05, 3.63) is 35.4 Å². The normalized spacial score (nSPS) is 18.1. The Labute approximate surface area is 122 Å². The van der Waals surface area contributed by atoms with Crippen LogP contribution in [-0.2, 0) is 17.6 Å². The molecule has 1 aliphatic carbocycles. The van der Waals surface area contributed by atoms with Crippen molar-refractivity contribution in [3.63, 3.8) is 0 Å². The van der Waals surface area contributed by atoms with Crippen molar-refractivity contribution in [2.24, 2.45) is 11.3 Å². The zero-order valence-electron chi connectivity index (χ0n) is 12.7. The largest absolute Gasteiger partial charge is 0.481 e. The Balaban J connectivity index is 2.09. The van der Waals surface area contributed by atoms with Gasteiger partial charge in [-0.15, -0.1) is 0 Å². The van der Waals surface area contributed by atoms with E-state index in [1.807, 2.05) is 0 Å². The van der Waals surface area contributed by atoms with E-state index in [4.69, 9.17) is 0 Å². The van der Waals surface area contributed by atoms with Crippen LogP contribution in [0.4, 0.5) is 0 Å². The van der Waals surface area contributed by atoms with Crippen molar-refractivity contribution in [1.82, 2.24) is 0 Å². The summed E-state index contributed by atoms with van der Waals surface area (Å²) in [5.41, 5.74) is 2.00. The van der Waals surface area contributed by atoms with E-state index in [1.165, 1.54) is 17.5 Å². The van der Waals surface area contributed by atoms with E-state index in [9.17, 15) is 9.90 Å². The number of carbonyl (C=O) groups is 1. The predicted octanol–water partition coefficient (Wildman–Crippen LogP) is 4.46. The highest BCUT2D eigenvalue weighted by Gasteiger charge is 2.39. The van der Waals surface area contributed by atoms with Crippen LogP contribution in [0.25, 0.3) is 0 Å². The molecule has 0 saturated heterocycles.